The predicted molar refractivity (Wildman–Crippen MR) is 73.8 cm³/mol. The van der Waals surface area contributed by atoms with Crippen LogP contribution in [0.25, 0.3) is 11.4 Å². The van der Waals surface area contributed by atoms with Crippen molar-refractivity contribution in [3.8, 4) is 11.4 Å². The molecule has 1 aliphatic rings. The Hall–Kier alpha value is -1.15. The Bertz CT molecular complexity index is 715. The van der Waals surface area contributed by atoms with Crippen molar-refractivity contribution in [1.29, 1.82) is 0 Å². The Morgan fingerprint density at radius 1 is 1.35 bits per heavy atom. The molecule has 0 atom stereocenters. The van der Waals surface area contributed by atoms with Crippen LogP contribution < -0.4 is 0 Å². The van der Waals surface area contributed by atoms with E-state index in [1.54, 1.807) is 4.57 Å². The molecular formula is C12H9BrF3N3S. The molecule has 1 N–H and O–H groups in total. The van der Waals surface area contributed by atoms with Gasteiger partial charge in [-0.25, -0.2) is 0 Å². The fraction of sp³-hybridized carbons (Fsp3) is 0.333. The van der Waals surface area contributed by atoms with Gasteiger partial charge in [0.05, 0.1) is 5.56 Å². The molecule has 1 fully saturated rings. The van der Waals surface area contributed by atoms with Gasteiger partial charge in [-0.3, -0.25) is 9.67 Å². The quantitative estimate of drug-likeness (QED) is 0.782. The fourth-order valence-corrected chi connectivity index (χ4v) is 2.74. The van der Waals surface area contributed by atoms with E-state index in [1.807, 2.05) is 0 Å². The van der Waals surface area contributed by atoms with E-state index in [9.17, 15) is 13.2 Å². The van der Waals surface area contributed by atoms with E-state index < -0.39 is 11.7 Å². The normalized spacial score (nSPS) is 15.6. The zero-order chi connectivity index (χ0) is 14.5. The summed E-state index contributed by atoms with van der Waals surface area (Å²) in [4.78, 5) is 0. The molecule has 1 aromatic carbocycles. The van der Waals surface area contributed by atoms with Crippen molar-refractivity contribution in [2.45, 2.75) is 25.1 Å². The van der Waals surface area contributed by atoms with Crippen LogP contribution in [0.15, 0.2) is 22.7 Å². The van der Waals surface area contributed by atoms with Gasteiger partial charge in [0, 0.05) is 16.1 Å². The molecule has 0 bridgehead atoms. The maximum absolute atomic E-state index is 12.8. The highest BCUT2D eigenvalue weighted by Crippen LogP contribution is 2.41. The molecule has 1 saturated carbocycles. The molecule has 0 aliphatic heterocycles. The summed E-state index contributed by atoms with van der Waals surface area (Å²) < 4.78 is 41.2. The lowest BCUT2D eigenvalue weighted by Gasteiger charge is -2.11. The van der Waals surface area contributed by atoms with Gasteiger partial charge in [0.1, 0.15) is 0 Å². The molecule has 0 radical (unpaired) electrons. The van der Waals surface area contributed by atoms with Crippen LogP contribution in [0.3, 0.4) is 0 Å². The largest absolute Gasteiger partial charge is 0.416 e. The number of halogens is 4. The summed E-state index contributed by atoms with van der Waals surface area (Å²) in [6.45, 7) is 0. The number of benzene rings is 1. The standard InChI is InChI=1S/C12H9BrF3N3S/c13-9-4-1-6(12(14,15)16)5-8(9)10-17-18-11(20)19(10)7-2-3-7/h1,4-5,7H,2-3H2,(H,18,20). The highest BCUT2D eigenvalue weighted by atomic mass is 79.9. The third-order valence-corrected chi connectivity index (χ3v) is 4.13. The van der Waals surface area contributed by atoms with Crippen LogP contribution in [0, 0.1) is 4.77 Å². The van der Waals surface area contributed by atoms with E-state index in [0.29, 0.717) is 20.6 Å². The third-order valence-electron chi connectivity index (χ3n) is 3.15. The number of alkyl halides is 3. The van der Waals surface area contributed by atoms with Crippen LogP contribution in [0.1, 0.15) is 24.4 Å². The molecule has 20 heavy (non-hydrogen) atoms. The average molecular weight is 364 g/mol. The predicted octanol–water partition coefficient (Wildman–Crippen LogP) is 4.72. The summed E-state index contributed by atoms with van der Waals surface area (Å²) in [5.74, 6) is 0.440. The maximum Gasteiger partial charge on any atom is 0.416 e. The lowest BCUT2D eigenvalue weighted by molar-refractivity contribution is -0.137. The Morgan fingerprint density at radius 3 is 2.65 bits per heavy atom. The minimum Gasteiger partial charge on any atom is -0.297 e. The van der Waals surface area contributed by atoms with Crippen LogP contribution in [0.4, 0.5) is 13.2 Å². The molecule has 3 rings (SSSR count). The molecule has 0 saturated heterocycles. The Morgan fingerprint density at radius 2 is 2.05 bits per heavy atom. The lowest BCUT2D eigenvalue weighted by Crippen LogP contribution is -2.06. The van der Waals surface area contributed by atoms with Gasteiger partial charge in [0.25, 0.3) is 0 Å². The lowest BCUT2D eigenvalue weighted by atomic mass is 10.1. The number of aromatic nitrogens is 3. The second-order valence-corrected chi connectivity index (χ2v) is 5.89. The monoisotopic (exact) mass is 363 g/mol. The van der Waals surface area contributed by atoms with Gasteiger partial charge in [-0.15, -0.1) is 0 Å². The molecule has 1 aliphatic carbocycles. The molecule has 0 amide bonds. The first-order valence-corrected chi connectivity index (χ1v) is 7.12. The van der Waals surface area contributed by atoms with Gasteiger partial charge < -0.3 is 0 Å². The minimum atomic E-state index is -4.38. The van der Waals surface area contributed by atoms with Gasteiger partial charge in [-0.2, -0.15) is 18.3 Å². The van der Waals surface area contributed by atoms with Crippen molar-refractivity contribution < 1.29 is 13.2 Å². The number of nitrogens with zero attached hydrogens (tertiary/aromatic N) is 2. The molecule has 1 heterocycles. The summed E-state index contributed by atoms with van der Waals surface area (Å²) in [6.07, 6.45) is -2.44. The van der Waals surface area contributed by atoms with Crippen LogP contribution >= 0.6 is 28.1 Å². The SMILES string of the molecule is FC(F)(F)c1ccc(Br)c(-c2n[nH]c(=S)n2C2CC2)c1. The molecule has 1 aromatic heterocycles. The highest BCUT2D eigenvalue weighted by Gasteiger charge is 2.33. The first-order chi connectivity index (χ1) is 9.38. The van der Waals surface area contributed by atoms with E-state index in [2.05, 4.69) is 26.1 Å². The van der Waals surface area contributed by atoms with Gasteiger partial charge in [-0.1, -0.05) is 15.9 Å². The Balaban J connectivity index is 2.17. The average Bonchev–Trinajstić information content (AvgIpc) is 3.12. The highest BCUT2D eigenvalue weighted by molar-refractivity contribution is 9.10. The topological polar surface area (TPSA) is 33.6 Å². The van der Waals surface area contributed by atoms with Gasteiger partial charge in [0.2, 0.25) is 0 Å². The van der Waals surface area contributed by atoms with E-state index in [-0.39, 0.29) is 6.04 Å². The molecular weight excluding hydrogens is 355 g/mol. The molecule has 106 valence electrons. The van der Waals surface area contributed by atoms with Crippen molar-refractivity contribution >= 4 is 28.1 Å². The summed E-state index contributed by atoms with van der Waals surface area (Å²) in [5, 5.41) is 6.74. The first-order valence-electron chi connectivity index (χ1n) is 5.92. The summed E-state index contributed by atoms with van der Waals surface area (Å²) in [7, 11) is 0. The number of rotatable bonds is 2. The summed E-state index contributed by atoms with van der Waals surface area (Å²) >= 11 is 8.42. The zero-order valence-electron chi connectivity index (χ0n) is 10.0. The number of aromatic amines is 1. The van der Waals surface area contributed by atoms with Crippen molar-refractivity contribution in [2.75, 3.05) is 0 Å². The number of hydrogen-bond donors (Lipinski definition) is 1. The van der Waals surface area contributed by atoms with E-state index >= 15 is 0 Å². The molecule has 0 spiro atoms. The van der Waals surface area contributed by atoms with Crippen molar-refractivity contribution in [3.63, 3.8) is 0 Å². The van der Waals surface area contributed by atoms with E-state index in [0.717, 1.165) is 25.0 Å². The van der Waals surface area contributed by atoms with Crippen molar-refractivity contribution in [3.05, 3.63) is 33.0 Å². The van der Waals surface area contributed by atoms with Crippen LogP contribution in [0.5, 0.6) is 0 Å². The maximum atomic E-state index is 12.8. The van der Waals surface area contributed by atoms with Gasteiger partial charge in [0.15, 0.2) is 10.6 Å². The van der Waals surface area contributed by atoms with E-state index in [1.165, 1.54) is 6.07 Å². The molecule has 8 heteroatoms. The summed E-state index contributed by atoms with van der Waals surface area (Å²) in [6, 6.07) is 3.75. The first kappa shape index (κ1) is 13.8. The number of hydrogen-bond acceptors (Lipinski definition) is 2. The van der Waals surface area contributed by atoms with Crippen LogP contribution in [-0.2, 0) is 6.18 Å². The zero-order valence-corrected chi connectivity index (χ0v) is 12.4. The molecule has 0 unspecified atom stereocenters. The van der Waals surface area contributed by atoms with Gasteiger partial charge >= 0.3 is 6.18 Å². The fourth-order valence-electron chi connectivity index (χ4n) is 2.04. The van der Waals surface area contributed by atoms with Crippen LogP contribution in [-0.4, -0.2) is 14.8 Å². The smallest absolute Gasteiger partial charge is 0.297 e. The number of nitrogens with one attached hydrogen (secondary N) is 1. The van der Waals surface area contributed by atoms with Gasteiger partial charge in [-0.05, 0) is 43.3 Å². The minimum absolute atomic E-state index is 0.234. The second kappa shape index (κ2) is 4.70. The summed E-state index contributed by atoms with van der Waals surface area (Å²) in [5.41, 5.74) is -0.314. The molecule has 2 aromatic rings. The van der Waals surface area contributed by atoms with Crippen LogP contribution in [0.2, 0.25) is 0 Å². The molecule has 3 nitrogen and oxygen atoms in total. The van der Waals surface area contributed by atoms with Crippen molar-refractivity contribution in [1.82, 2.24) is 14.8 Å². The Labute approximate surface area is 125 Å². The third kappa shape index (κ3) is 2.42. The van der Waals surface area contributed by atoms with Crippen molar-refractivity contribution in [2.24, 2.45) is 0 Å². The second-order valence-electron chi connectivity index (χ2n) is 4.65. The number of H-pyrrole nitrogens is 1. The Kier molecular flexibility index (Phi) is 3.24. The van der Waals surface area contributed by atoms with E-state index in [4.69, 9.17) is 12.2 Å².